The predicted molar refractivity (Wildman–Crippen MR) is 103 cm³/mol. The van der Waals surface area contributed by atoms with Gasteiger partial charge in [-0.2, -0.15) is 10.5 Å². The molecular weight excluding hydrogens is 376 g/mol. The second-order valence-electron chi connectivity index (χ2n) is 5.08. The summed E-state index contributed by atoms with van der Waals surface area (Å²) in [7, 11) is 0. The Bertz CT molecular complexity index is 1200. The van der Waals surface area contributed by atoms with Gasteiger partial charge in [0, 0.05) is 15.2 Å². The number of nitriles is 2. The van der Waals surface area contributed by atoms with Crippen LogP contribution in [0.5, 0.6) is 0 Å². The second kappa shape index (κ2) is 6.84. The van der Waals surface area contributed by atoms with Crippen LogP contribution in [0, 0.1) is 22.7 Å². The lowest BCUT2D eigenvalue weighted by Crippen LogP contribution is -1.97. The number of hydrogen-bond donors (Lipinski definition) is 0. The summed E-state index contributed by atoms with van der Waals surface area (Å²) in [6.45, 7) is 4.00. The van der Waals surface area contributed by atoms with Crippen LogP contribution in [0.2, 0.25) is 0 Å². The maximum Gasteiger partial charge on any atom is 0.177 e. The molecule has 0 unspecified atom stereocenters. The Morgan fingerprint density at radius 1 is 0.760 bits per heavy atom. The third-order valence-electron chi connectivity index (χ3n) is 3.82. The van der Waals surface area contributed by atoms with E-state index in [-0.39, 0.29) is 11.4 Å². The lowest BCUT2D eigenvalue weighted by Gasteiger charge is -2.10. The molecule has 120 valence electrons. The fourth-order valence-electron chi connectivity index (χ4n) is 2.84. The maximum absolute atomic E-state index is 9.23. The van der Waals surface area contributed by atoms with E-state index in [1.807, 2.05) is 68.5 Å². The third kappa shape index (κ3) is 2.69. The Morgan fingerprint density at radius 3 is 1.84 bits per heavy atom. The summed E-state index contributed by atoms with van der Waals surface area (Å²) in [4.78, 5) is 8.82. The minimum atomic E-state index is 0.0551. The Morgan fingerprint density at radius 2 is 1.28 bits per heavy atom. The van der Waals surface area contributed by atoms with Gasteiger partial charge in [-0.05, 0) is 22.9 Å². The summed E-state index contributed by atoms with van der Waals surface area (Å²) in [5.41, 5.74) is 1.40. The van der Waals surface area contributed by atoms with Crippen molar-refractivity contribution < 1.29 is 0 Å². The smallest absolute Gasteiger partial charge is 0.177 e. The maximum atomic E-state index is 9.23. The van der Waals surface area contributed by atoms with Gasteiger partial charge < -0.3 is 0 Å². The number of fused-ring (bicyclic) bond motifs is 6. The van der Waals surface area contributed by atoms with Crippen LogP contribution in [-0.4, -0.2) is 9.97 Å². The van der Waals surface area contributed by atoms with Gasteiger partial charge in [-0.3, -0.25) is 0 Å². The van der Waals surface area contributed by atoms with E-state index < -0.39 is 0 Å². The van der Waals surface area contributed by atoms with Crippen molar-refractivity contribution in [1.82, 2.24) is 9.97 Å². The highest BCUT2D eigenvalue weighted by atomic mass is 79.9. The largest absolute Gasteiger partial charge is 0.232 e. The van der Waals surface area contributed by atoms with Gasteiger partial charge in [0.05, 0.1) is 11.0 Å². The lowest BCUT2D eigenvalue weighted by atomic mass is 9.99. The fraction of sp³-hybridized carbons (Fsp3) is 0.100. The van der Waals surface area contributed by atoms with Gasteiger partial charge in [0.25, 0.3) is 0 Å². The Hall–Kier alpha value is -3.02. The van der Waals surface area contributed by atoms with E-state index in [1.165, 1.54) is 0 Å². The zero-order chi connectivity index (χ0) is 18.0. The molecule has 1 aromatic heterocycles. The molecule has 0 N–H and O–H groups in total. The van der Waals surface area contributed by atoms with Gasteiger partial charge in [0.1, 0.15) is 12.1 Å². The SMILES string of the molecule is CC.N#Cc1nc2c3ccccc3c3cc(Br)ccc3c2nc1C#N. The first-order chi connectivity index (χ1) is 12.2. The van der Waals surface area contributed by atoms with Gasteiger partial charge in [0.15, 0.2) is 11.4 Å². The molecule has 3 aromatic carbocycles. The van der Waals surface area contributed by atoms with Crippen LogP contribution in [-0.2, 0) is 0 Å². The van der Waals surface area contributed by atoms with Crippen molar-refractivity contribution in [2.24, 2.45) is 0 Å². The normalized spacial score (nSPS) is 10.1. The van der Waals surface area contributed by atoms with Gasteiger partial charge in [0.2, 0.25) is 0 Å². The Labute approximate surface area is 153 Å². The first kappa shape index (κ1) is 16.8. The summed E-state index contributed by atoms with van der Waals surface area (Å²) < 4.78 is 0.969. The summed E-state index contributed by atoms with van der Waals surface area (Å²) in [6.07, 6.45) is 0. The minimum Gasteiger partial charge on any atom is -0.232 e. The van der Waals surface area contributed by atoms with E-state index in [0.717, 1.165) is 26.0 Å². The lowest BCUT2D eigenvalue weighted by molar-refractivity contribution is 1.21. The third-order valence-corrected chi connectivity index (χ3v) is 4.31. The van der Waals surface area contributed by atoms with Crippen molar-refractivity contribution in [3.05, 3.63) is 58.3 Å². The Kier molecular flexibility index (Phi) is 4.61. The molecule has 0 saturated heterocycles. The number of nitrogens with zero attached hydrogens (tertiary/aromatic N) is 4. The molecule has 0 saturated carbocycles. The van der Waals surface area contributed by atoms with Crippen molar-refractivity contribution in [2.75, 3.05) is 0 Å². The van der Waals surface area contributed by atoms with Gasteiger partial charge >= 0.3 is 0 Å². The average Bonchev–Trinajstić information content (AvgIpc) is 2.68. The molecular formula is C20H13BrN4. The second-order valence-corrected chi connectivity index (χ2v) is 5.99. The number of benzene rings is 3. The molecule has 4 aromatic rings. The van der Waals surface area contributed by atoms with Crippen molar-refractivity contribution in [1.29, 1.82) is 10.5 Å². The van der Waals surface area contributed by atoms with E-state index in [4.69, 9.17) is 0 Å². The summed E-state index contributed by atoms with van der Waals surface area (Å²) in [6, 6.07) is 17.7. The van der Waals surface area contributed by atoms with Crippen LogP contribution in [0.15, 0.2) is 46.9 Å². The van der Waals surface area contributed by atoms with E-state index in [0.29, 0.717) is 11.0 Å². The highest BCUT2D eigenvalue weighted by molar-refractivity contribution is 9.10. The topological polar surface area (TPSA) is 73.4 Å². The molecule has 5 heteroatoms. The van der Waals surface area contributed by atoms with Crippen molar-refractivity contribution >= 4 is 48.5 Å². The molecule has 25 heavy (non-hydrogen) atoms. The number of rotatable bonds is 0. The van der Waals surface area contributed by atoms with Crippen LogP contribution >= 0.6 is 15.9 Å². The van der Waals surface area contributed by atoms with E-state index in [2.05, 4.69) is 25.9 Å². The van der Waals surface area contributed by atoms with E-state index in [9.17, 15) is 10.5 Å². The van der Waals surface area contributed by atoms with Crippen LogP contribution in [0.1, 0.15) is 25.2 Å². The fourth-order valence-corrected chi connectivity index (χ4v) is 3.20. The molecule has 0 aliphatic rings. The van der Waals surface area contributed by atoms with Gasteiger partial charge in [-0.1, -0.05) is 60.1 Å². The van der Waals surface area contributed by atoms with Gasteiger partial charge in [-0.25, -0.2) is 9.97 Å². The number of halogens is 1. The molecule has 0 amide bonds. The molecule has 4 nitrogen and oxygen atoms in total. The molecule has 0 aliphatic carbocycles. The zero-order valence-electron chi connectivity index (χ0n) is 13.7. The highest BCUT2D eigenvalue weighted by Crippen LogP contribution is 2.34. The Balaban J connectivity index is 0.000000880. The monoisotopic (exact) mass is 388 g/mol. The van der Waals surface area contributed by atoms with Crippen LogP contribution in [0.25, 0.3) is 32.6 Å². The summed E-state index contributed by atoms with van der Waals surface area (Å²) in [5.74, 6) is 0. The molecule has 1 heterocycles. The van der Waals surface area contributed by atoms with Crippen molar-refractivity contribution in [2.45, 2.75) is 13.8 Å². The molecule has 0 atom stereocenters. The quantitative estimate of drug-likeness (QED) is 0.374. The first-order valence-corrected chi connectivity index (χ1v) is 8.64. The molecule has 4 rings (SSSR count). The van der Waals surface area contributed by atoms with Crippen LogP contribution in [0.3, 0.4) is 0 Å². The molecule has 0 fully saturated rings. The summed E-state index contributed by atoms with van der Waals surface area (Å²) >= 11 is 3.50. The zero-order valence-corrected chi connectivity index (χ0v) is 15.3. The van der Waals surface area contributed by atoms with Crippen LogP contribution < -0.4 is 0 Å². The summed E-state index contributed by atoms with van der Waals surface area (Å²) in [5, 5.41) is 22.4. The van der Waals surface area contributed by atoms with Crippen molar-refractivity contribution in [3.63, 3.8) is 0 Å². The predicted octanol–water partition coefficient (Wildman–Crippen LogP) is 5.47. The van der Waals surface area contributed by atoms with Crippen LogP contribution in [0.4, 0.5) is 0 Å². The molecule has 0 spiro atoms. The standard InChI is InChI=1S/C18H7BrN4.C2H6/c19-10-5-6-13-14(7-10)11-3-1-2-4-12(11)17-18(13)23-16(9-21)15(8-20)22-17;1-2/h1-7H;1-2H3. The molecule has 0 radical (unpaired) electrons. The van der Waals surface area contributed by atoms with E-state index >= 15 is 0 Å². The van der Waals surface area contributed by atoms with Gasteiger partial charge in [-0.15, -0.1) is 0 Å². The molecule has 0 aliphatic heterocycles. The highest BCUT2D eigenvalue weighted by Gasteiger charge is 2.14. The molecule has 0 bridgehead atoms. The average molecular weight is 389 g/mol. The van der Waals surface area contributed by atoms with E-state index in [1.54, 1.807) is 0 Å². The first-order valence-electron chi connectivity index (χ1n) is 7.85. The minimum absolute atomic E-state index is 0.0551. The number of aromatic nitrogens is 2. The van der Waals surface area contributed by atoms with Crippen molar-refractivity contribution in [3.8, 4) is 12.1 Å². The number of hydrogen-bond acceptors (Lipinski definition) is 4.